The fourth-order valence-electron chi connectivity index (χ4n) is 11.3. The topological polar surface area (TPSA) is 66.8 Å². The van der Waals surface area contributed by atoms with Crippen molar-refractivity contribution in [2.75, 3.05) is 12.9 Å². The second-order valence-corrected chi connectivity index (χ2v) is 17.3. The van der Waals surface area contributed by atoms with E-state index in [0.29, 0.717) is 29.9 Å². The molecule has 4 fully saturated rings. The zero-order valence-corrected chi connectivity index (χ0v) is 26.3. The molecular formula is C33H54O4S. The minimum absolute atomic E-state index is 0.0142. The van der Waals surface area contributed by atoms with Crippen molar-refractivity contribution in [2.24, 2.45) is 50.2 Å². The lowest BCUT2D eigenvalue weighted by Gasteiger charge is -2.72. The second-order valence-electron chi connectivity index (χ2n) is 15.8. The first-order valence-electron chi connectivity index (χ1n) is 15.3. The van der Waals surface area contributed by atoms with Crippen LogP contribution in [0.5, 0.6) is 0 Å². The Morgan fingerprint density at radius 2 is 1.66 bits per heavy atom. The van der Waals surface area contributed by atoms with Crippen LogP contribution in [-0.2, 0) is 9.53 Å². The Balaban J connectivity index is 1.62. The van der Waals surface area contributed by atoms with Gasteiger partial charge in [-0.3, -0.25) is 4.79 Å². The molecule has 0 radical (unpaired) electrons. The summed E-state index contributed by atoms with van der Waals surface area (Å²) in [5.74, 6) is 1.82. The molecule has 0 spiro atoms. The summed E-state index contributed by atoms with van der Waals surface area (Å²) >= 11 is 1.94. The molecule has 5 aliphatic rings. The minimum Gasteiger partial charge on any atom is -0.468 e. The number of hydrogen-bond donors (Lipinski definition) is 2. The third-order valence-corrected chi connectivity index (χ3v) is 15.3. The number of ether oxygens (including phenoxy) is 1. The van der Waals surface area contributed by atoms with Gasteiger partial charge in [0.1, 0.15) is 5.41 Å². The van der Waals surface area contributed by atoms with E-state index in [0.717, 1.165) is 44.3 Å². The van der Waals surface area contributed by atoms with E-state index in [1.54, 1.807) is 0 Å². The highest BCUT2D eigenvalue weighted by Crippen LogP contribution is 2.76. The largest absolute Gasteiger partial charge is 0.468 e. The second kappa shape index (κ2) is 8.99. The van der Waals surface area contributed by atoms with E-state index in [2.05, 4.69) is 61.5 Å². The number of allylic oxidation sites excluding steroid dienone is 2. The first-order chi connectivity index (χ1) is 17.6. The van der Waals surface area contributed by atoms with E-state index < -0.39 is 11.5 Å². The van der Waals surface area contributed by atoms with Gasteiger partial charge in [-0.05, 0) is 102 Å². The quantitative estimate of drug-likeness (QED) is 0.294. The van der Waals surface area contributed by atoms with Gasteiger partial charge in [-0.25, -0.2) is 0 Å². The molecule has 10 atom stereocenters. The van der Waals surface area contributed by atoms with Gasteiger partial charge in [0.05, 0.1) is 19.3 Å². The van der Waals surface area contributed by atoms with Crippen LogP contribution in [0, 0.1) is 50.2 Å². The molecule has 5 rings (SSSR count). The van der Waals surface area contributed by atoms with Crippen LogP contribution in [0.3, 0.4) is 0 Å². The monoisotopic (exact) mass is 546 g/mol. The molecule has 4 nitrogen and oxygen atoms in total. The van der Waals surface area contributed by atoms with E-state index in [1.165, 1.54) is 12.7 Å². The number of rotatable bonds is 3. The molecular weight excluding hydrogens is 492 g/mol. The molecule has 0 heterocycles. The predicted octanol–water partition coefficient (Wildman–Crippen LogP) is 7.02. The Kier molecular flexibility index (Phi) is 6.86. The van der Waals surface area contributed by atoms with Crippen molar-refractivity contribution >= 4 is 17.7 Å². The van der Waals surface area contributed by atoms with Crippen LogP contribution in [0.2, 0.25) is 0 Å². The van der Waals surface area contributed by atoms with Gasteiger partial charge in [-0.1, -0.05) is 67.0 Å². The molecule has 4 saturated carbocycles. The Labute approximate surface area is 236 Å². The van der Waals surface area contributed by atoms with E-state index in [9.17, 15) is 15.0 Å². The van der Waals surface area contributed by atoms with Gasteiger partial charge in [0.2, 0.25) is 0 Å². The number of aliphatic hydroxyl groups excluding tert-OH is 2. The SMILES string of the molecule is CCS[C@H]1C[C@@]2(C(=O)OC)C(CC1(C)C)C1=CCC3[C@@]4(C)CC[C@H](O)C(C)(C)C4CC[C@@]3(C)[C@]1(C)C[C@H]2O. The number of esters is 1. The van der Waals surface area contributed by atoms with Gasteiger partial charge in [0, 0.05) is 5.25 Å². The average molecular weight is 547 g/mol. The zero-order valence-electron chi connectivity index (χ0n) is 25.5. The number of fused-ring (bicyclic) bond motifs is 7. The van der Waals surface area contributed by atoms with Gasteiger partial charge >= 0.3 is 5.97 Å². The van der Waals surface area contributed by atoms with Gasteiger partial charge in [-0.2, -0.15) is 11.8 Å². The Morgan fingerprint density at radius 1 is 0.974 bits per heavy atom. The first-order valence-corrected chi connectivity index (χ1v) is 16.4. The smallest absolute Gasteiger partial charge is 0.315 e. The highest BCUT2D eigenvalue weighted by molar-refractivity contribution is 7.99. The fourth-order valence-corrected chi connectivity index (χ4v) is 12.7. The molecule has 2 N–H and O–H groups in total. The van der Waals surface area contributed by atoms with Crippen molar-refractivity contribution in [3.8, 4) is 0 Å². The summed E-state index contributed by atoms with van der Waals surface area (Å²) in [7, 11) is 1.50. The van der Waals surface area contributed by atoms with Crippen LogP contribution in [0.4, 0.5) is 0 Å². The number of methoxy groups -OCH3 is 1. The van der Waals surface area contributed by atoms with Crippen LogP contribution >= 0.6 is 11.8 Å². The zero-order chi connectivity index (χ0) is 28.1. The molecule has 3 unspecified atom stereocenters. The summed E-state index contributed by atoms with van der Waals surface area (Å²) in [5.41, 5.74) is 0.630. The highest BCUT2D eigenvalue weighted by Gasteiger charge is 2.72. The molecule has 0 amide bonds. The highest BCUT2D eigenvalue weighted by atomic mass is 32.2. The van der Waals surface area contributed by atoms with E-state index >= 15 is 0 Å². The summed E-state index contributed by atoms with van der Waals surface area (Å²) in [6.07, 6.45) is 9.07. The number of carbonyl (C=O) groups excluding carboxylic acids is 1. The van der Waals surface area contributed by atoms with Crippen molar-refractivity contribution in [1.82, 2.24) is 0 Å². The van der Waals surface area contributed by atoms with E-state index in [1.807, 2.05) is 11.8 Å². The molecule has 216 valence electrons. The van der Waals surface area contributed by atoms with Crippen LogP contribution in [0.15, 0.2) is 11.6 Å². The van der Waals surface area contributed by atoms with Crippen LogP contribution in [0.25, 0.3) is 0 Å². The Hall–Kier alpha value is -0.520. The van der Waals surface area contributed by atoms with Gasteiger partial charge in [-0.15, -0.1) is 0 Å². The summed E-state index contributed by atoms with van der Waals surface area (Å²) in [6.45, 7) is 19.0. The van der Waals surface area contributed by atoms with Gasteiger partial charge in [0.15, 0.2) is 0 Å². The number of carbonyl (C=O) groups is 1. The molecule has 0 aromatic heterocycles. The molecule has 0 bridgehead atoms. The molecule has 0 aliphatic heterocycles. The summed E-state index contributed by atoms with van der Waals surface area (Å²) in [4.78, 5) is 13.7. The maximum Gasteiger partial charge on any atom is 0.315 e. The molecule has 0 saturated heterocycles. The summed E-state index contributed by atoms with van der Waals surface area (Å²) < 4.78 is 5.52. The molecule has 0 aromatic carbocycles. The fraction of sp³-hybridized carbons (Fsp3) is 0.909. The van der Waals surface area contributed by atoms with Gasteiger partial charge in [0.25, 0.3) is 0 Å². The first kappa shape index (κ1) is 29.0. The lowest BCUT2D eigenvalue weighted by atomic mass is 9.33. The number of thioether (sulfide) groups is 1. The molecule has 5 heteroatoms. The lowest BCUT2D eigenvalue weighted by molar-refractivity contribution is -0.219. The van der Waals surface area contributed by atoms with E-state index in [4.69, 9.17) is 4.74 Å². The third kappa shape index (κ3) is 3.52. The van der Waals surface area contributed by atoms with Crippen molar-refractivity contribution in [3.05, 3.63) is 11.6 Å². The summed E-state index contributed by atoms with van der Waals surface area (Å²) in [6, 6.07) is 0. The van der Waals surface area contributed by atoms with Crippen molar-refractivity contribution in [3.63, 3.8) is 0 Å². The summed E-state index contributed by atoms with van der Waals surface area (Å²) in [5, 5.41) is 23.5. The maximum absolute atomic E-state index is 13.7. The number of aliphatic hydroxyl groups is 2. The standard InChI is InChI=1S/C33H54O4S/c1-10-38-26-19-33(27(36)37-9)21(17-28(26,2)3)20-11-12-23-30(6)15-14-24(34)29(4,5)22(30)13-16-31(23,7)32(20,8)18-25(33)35/h11,21-26,34-35H,10,12-19H2,1-9H3/t21?,22?,23?,24-,25+,26-,30-,31+,32+,33+/m0/s1. The Bertz CT molecular complexity index is 1000. The van der Waals surface area contributed by atoms with Crippen molar-refractivity contribution in [1.29, 1.82) is 0 Å². The van der Waals surface area contributed by atoms with Crippen molar-refractivity contribution < 1.29 is 19.7 Å². The minimum atomic E-state index is -0.857. The molecule has 38 heavy (non-hydrogen) atoms. The predicted molar refractivity (Wildman–Crippen MR) is 156 cm³/mol. The number of hydrogen-bond acceptors (Lipinski definition) is 5. The Morgan fingerprint density at radius 3 is 2.29 bits per heavy atom. The normalized spacial score (nSPS) is 51.0. The van der Waals surface area contributed by atoms with Gasteiger partial charge < -0.3 is 14.9 Å². The maximum atomic E-state index is 13.7. The molecule has 5 aliphatic carbocycles. The van der Waals surface area contributed by atoms with Crippen LogP contribution in [0.1, 0.15) is 107 Å². The van der Waals surface area contributed by atoms with Crippen LogP contribution in [-0.4, -0.2) is 46.5 Å². The third-order valence-electron chi connectivity index (χ3n) is 13.7. The van der Waals surface area contributed by atoms with E-state index in [-0.39, 0.29) is 45.1 Å². The van der Waals surface area contributed by atoms with Crippen molar-refractivity contribution in [2.45, 2.75) is 124 Å². The van der Waals surface area contributed by atoms with Crippen LogP contribution < -0.4 is 0 Å². The molecule has 0 aromatic rings. The average Bonchev–Trinajstić information content (AvgIpc) is 2.83. The lowest BCUT2D eigenvalue weighted by Crippen LogP contribution is -2.68.